The zero-order valence-electron chi connectivity index (χ0n) is 22.1. The largest absolute Gasteiger partial charge is 0.462 e. The molecule has 1 amide bonds. The number of esters is 1. The van der Waals surface area contributed by atoms with Crippen molar-refractivity contribution in [2.45, 2.75) is 26.7 Å². The summed E-state index contributed by atoms with van der Waals surface area (Å²) in [6.07, 6.45) is 1.94. The Bertz CT molecular complexity index is 1240. The molecule has 2 aliphatic heterocycles. The summed E-state index contributed by atoms with van der Waals surface area (Å²) in [6, 6.07) is 9.45. The van der Waals surface area contributed by atoms with E-state index in [2.05, 4.69) is 27.4 Å². The first-order chi connectivity index (χ1) is 18.8. The van der Waals surface area contributed by atoms with E-state index in [-0.39, 0.29) is 23.0 Å². The molecule has 0 radical (unpaired) electrons. The normalized spacial score (nSPS) is 15.9. The highest BCUT2D eigenvalue weighted by molar-refractivity contribution is 7.80. The molecular weight excluding hydrogens is 522 g/mol. The van der Waals surface area contributed by atoms with Crippen molar-refractivity contribution in [2.24, 2.45) is 5.92 Å². The number of morpholine rings is 1. The van der Waals surface area contributed by atoms with E-state index in [0.29, 0.717) is 49.2 Å². The molecule has 0 saturated carbocycles. The molecule has 0 aliphatic carbocycles. The molecule has 4 rings (SSSR count). The molecule has 11 nitrogen and oxygen atoms in total. The van der Waals surface area contributed by atoms with Crippen molar-refractivity contribution < 1.29 is 24.0 Å². The predicted molar refractivity (Wildman–Crippen MR) is 153 cm³/mol. The third kappa shape index (κ3) is 7.01. The van der Waals surface area contributed by atoms with E-state index in [1.165, 1.54) is 12.1 Å². The molecule has 2 fully saturated rings. The topological polar surface area (TPSA) is 126 Å². The summed E-state index contributed by atoms with van der Waals surface area (Å²) < 4.78 is 10.6. The maximum atomic E-state index is 13.4. The molecule has 0 unspecified atom stereocenters. The van der Waals surface area contributed by atoms with Crippen LogP contribution in [-0.4, -0.2) is 67.9 Å². The quantitative estimate of drug-likeness (QED) is 0.224. The van der Waals surface area contributed by atoms with Crippen molar-refractivity contribution in [2.75, 3.05) is 61.1 Å². The first-order valence-corrected chi connectivity index (χ1v) is 13.5. The van der Waals surface area contributed by atoms with Crippen LogP contribution in [0.4, 0.5) is 22.7 Å². The minimum atomic E-state index is -0.556. The van der Waals surface area contributed by atoms with E-state index in [0.717, 1.165) is 31.6 Å². The van der Waals surface area contributed by atoms with Crippen LogP contribution >= 0.6 is 12.2 Å². The maximum absolute atomic E-state index is 13.4. The van der Waals surface area contributed by atoms with Crippen LogP contribution in [0.1, 0.15) is 47.4 Å². The fraction of sp³-hybridized carbons (Fsp3) is 0.444. The number of piperidine rings is 1. The number of nitrogens with zero attached hydrogens (tertiary/aromatic N) is 3. The Hall–Kier alpha value is -3.77. The summed E-state index contributed by atoms with van der Waals surface area (Å²) in [6.45, 7) is 8.09. The fourth-order valence-electron chi connectivity index (χ4n) is 4.73. The lowest BCUT2D eigenvalue weighted by Gasteiger charge is -2.33. The Morgan fingerprint density at radius 2 is 1.74 bits per heavy atom. The lowest BCUT2D eigenvalue weighted by atomic mass is 9.98. The number of nitro benzene ring substituents is 1. The number of nitrogens with one attached hydrogen (secondary N) is 2. The monoisotopic (exact) mass is 555 g/mol. The number of amides is 1. The number of hydrogen-bond acceptors (Lipinski definition) is 9. The number of hydrogen-bond donors (Lipinski definition) is 2. The van der Waals surface area contributed by atoms with Crippen LogP contribution in [-0.2, 0) is 9.47 Å². The van der Waals surface area contributed by atoms with Crippen LogP contribution in [0.2, 0.25) is 0 Å². The van der Waals surface area contributed by atoms with Crippen molar-refractivity contribution in [1.82, 2.24) is 5.32 Å². The van der Waals surface area contributed by atoms with Gasteiger partial charge in [0.05, 0.1) is 52.9 Å². The SMILES string of the molecule is CCOC(=O)c1ccc(N2CCOCC2)c(NC(=S)NC(=O)c2cc([N+](=O)[O-])ccc2N2CCC(C)CC2)c1. The second-order valence-corrected chi connectivity index (χ2v) is 10.00. The van der Waals surface area contributed by atoms with Gasteiger partial charge >= 0.3 is 5.97 Å². The Morgan fingerprint density at radius 3 is 2.41 bits per heavy atom. The number of benzene rings is 2. The first-order valence-electron chi connectivity index (χ1n) is 13.1. The van der Waals surface area contributed by atoms with Gasteiger partial charge in [0.1, 0.15) is 0 Å². The van der Waals surface area contributed by atoms with Crippen molar-refractivity contribution in [3.8, 4) is 0 Å². The number of anilines is 3. The summed E-state index contributed by atoms with van der Waals surface area (Å²) in [5.74, 6) is -0.445. The van der Waals surface area contributed by atoms with E-state index in [1.54, 1.807) is 31.2 Å². The zero-order chi connectivity index (χ0) is 27.9. The number of carbonyl (C=O) groups is 2. The molecule has 39 heavy (non-hydrogen) atoms. The molecule has 0 spiro atoms. The number of ether oxygens (including phenoxy) is 2. The van der Waals surface area contributed by atoms with E-state index in [9.17, 15) is 19.7 Å². The van der Waals surface area contributed by atoms with Gasteiger partial charge in [0.25, 0.3) is 11.6 Å². The zero-order valence-corrected chi connectivity index (χ0v) is 22.9. The molecule has 2 saturated heterocycles. The Balaban J connectivity index is 1.57. The average Bonchev–Trinajstić information content (AvgIpc) is 2.93. The molecule has 2 aromatic carbocycles. The van der Waals surface area contributed by atoms with Gasteiger partial charge in [-0.05, 0) is 62.2 Å². The van der Waals surface area contributed by atoms with Crippen LogP contribution < -0.4 is 20.4 Å². The summed E-state index contributed by atoms with van der Waals surface area (Å²) in [4.78, 5) is 40.9. The molecule has 12 heteroatoms. The second kappa shape index (κ2) is 12.9. The molecule has 2 heterocycles. The molecule has 208 valence electrons. The van der Waals surface area contributed by atoms with Gasteiger partial charge in [0.2, 0.25) is 0 Å². The molecule has 2 aromatic rings. The minimum absolute atomic E-state index is 0.000223. The smallest absolute Gasteiger partial charge is 0.338 e. The first kappa shape index (κ1) is 28.2. The van der Waals surface area contributed by atoms with E-state index >= 15 is 0 Å². The van der Waals surface area contributed by atoms with Gasteiger partial charge in [-0.25, -0.2) is 4.79 Å². The van der Waals surface area contributed by atoms with Crippen LogP contribution in [0.5, 0.6) is 0 Å². The summed E-state index contributed by atoms with van der Waals surface area (Å²) >= 11 is 5.48. The Morgan fingerprint density at radius 1 is 1.08 bits per heavy atom. The number of carbonyl (C=O) groups excluding carboxylic acids is 2. The number of thiocarbonyl (C=S) groups is 1. The van der Waals surface area contributed by atoms with Crippen molar-refractivity contribution in [1.29, 1.82) is 0 Å². The van der Waals surface area contributed by atoms with Gasteiger partial charge in [0, 0.05) is 38.3 Å². The van der Waals surface area contributed by atoms with Crippen LogP contribution in [0.15, 0.2) is 36.4 Å². The number of rotatable bonds is 7. The molecular formula is C27H33N5O6S. The van der Waals surface area contributed by atoms with E-state index < -0.39 is 16.8 Å². The minimum Gasteiger partial charge on any atom is -0.462 e. The molecule has 0 bridgehead atoms. The Kier molecular flexibility index (Phi) is 9.31. The van der Waals surface area contributed by atoms with Gasteiger partial charge < -0.3 is 24.6 Å². The van der Waals surface area contributed by atoms with Gasteiger partial charge in [0.15, 0.2) is 5.11 Å². The van der Waals surface area contributed by atoms with Crippen LogP contribution in [0.25, 0.3) is 0 Å². The fourth-order valence-corrected chi connectivity index (χ4v) is 4.93. The van der Waals surface area contributed by atoms with Gasteiger partial charge in [-0.1, -0.05) is 6.92 Å². The summed E-state index contributed by atoms with van der Waals surface area (Å²) in [5, 5.41) is 17.2. The molecule has 0 aromatic heterocycles. The predicted octanol–water partition coefficient (Wildman–Crippen LogP) is 3.97. The Labute approximate surface area is 232 Å². The standard InChI is InChI=1S/C27H33N5O6S/c1-3-38-26(34)19-4-6-24(31-12-14-37-15-13-31)22(16-19)28-27(39)29-25(33)21-17-20(32(35)36)5-7-23(21)30-10-8-18(2)9-11-30/h4-7,16-18H,3,8-15H2,1-2H3,(H2,28,29,33,39). The van der Waals surface area contributed by atoms with Gasteiger partial charge in [-0.15, -0.1) is 0 Å². The third-order valence-electron chi connectivity index (χ3n) is 6.89. The lowest BCUT2D eigenvalue weighted by Crippen LogP contribution is -2.39. The van der Waals surface area contributed by atoms with E-state index in [1.807, 2.05) is 0 Å². The highest BCUT2D eigenvalue weighted by Crippen LogP contribution is 2.31. The lowest BCUT2D eigenvalue weighted by molar-refractivity contribution is -0.384. The van der Waals surface area contributed by atoms with Gasteiger partial charge in [-0.2, -0.15) is 0 Å². The third-order valence-corrected chi connectivity index (χ3v) is 7.10. The van der Waals surface area contributed by atoms with Crippen molar-refractivity contribution in [3.05, 3.63) is 57.6 Å². The maximum Gasteiger partial charge on any atom is 0.338 e. The second-order valence-electron chi connectivity index (χ2n) is 9.59. The average molecular weight is 556 g/mol. The molecule has 2 N–H and O–H groups in total. The number of non-ortho nitro benzene ring substituents is 1. The van der Waals surface area contributed by atoms with Crippen molar-refractivity contribution >= 4 is 52.0 Å². The summed E-state index contributed by atoms with van der Waals surface area (Å²) in [7, 11) is 0. The number of nitro groups is 1. The van der Waals surface area contributed by atoms with E-state index in [4.69, 9.17) is 21.7 Å². The summed E-state index contributed by atoms with van der Waals surface area (Å²) in [5.41, 5.74) is 2.29. The molecule has 2 aliphatic rings. The highest BCUT2D eigenvalue weighted by atomic mass is 32.1. The molecule has 0 atom stereocenters. The van der Waals surface area contributed by atoms with Crippen molar-refractivity contribution in [3.63, 3.8) is 0 Å². The van der Waals surface area contributed by atoms with Gasteiger partial charge in [-0.3, -0.25) is 20.2 Å². The van der Waals surface area contributed by atoms with Crippen LogP contribution in [0.3, 0.4) is 0 Å². The highest BCUT2D eigenvalue weighted by Gasteiger charge is 2.25. The van der Waals surface area contributed by atoms with Crippen LogP contribution in [0, 0.1) is 16.0 Å².